The van der Waals surface area contributed by atoms with Crippen LogP contribution in [0.4, 0.5) is 4.39 Å². The number of nitrogens with zero attached hydrogens (tertiary/aromatic N) is 2. The van der Waals surface area contributed by atoms with Gasteiger partial charge in [0, 0.05) is 28.9 Å². The summed E-state index contributed by atoms with van der Waals surface area (Å²) >= 11 is 0. The van der Waals surface area contributed by atoms with E-state index >= 15 is 0 Å². The molecule has 3 aromatic heterocycles. The van der Waals surface area contributed by atoms with Gasteiger partial charge in [-0.25, -0.2) is 4.39 Å². The standard InChI is InChI=1S/C17H11FN4O/c18-14-4-2-1-3-11(14)12-7-13-15(22-17(12)23)5-6-19-16(13)10-8-20-21-9-10/h1-9H,(H,20,21)(H,22,23). The summed E-state index contributed by atoms with van der Waals surface area (Å²) in [6.45, 7) is 0. The molecule has 0 saturated carbocycles. The minimum absolute atomic E-state index is 0.262. The number of rotatable bonds is 2. The molecule has 4 rings (SSSR count). The first-order valence-corrected chi connectivity index (χ1v) is 7.00. The van der Waals surface area contributed by atoms with Crippen molar-refractivity contribution in [1.82, 2.24) is 20.2 Å². The van der Waals surface area contributed by atoms with Crippen LogP contribution in [0.1, 0.15) is 0 Å². The highest BCUT2D eigenvalue weighted by atomic mass is 19.1. The fourth-order valence-corrected chi connectivity index (χ4v) is 2.62. The number of hydrogen-bond donors (Lipinski definition) is 2. The molecule has 112 valence electrons. The fourth-order valence-electron chi connectivity index (χ4n) is 2.62. The maximum absolute atomic E-state index is 14.0. The Morgan fingerprint density at radius 3 is 2.74 bits per heavy atom. The van der Waals surface area contributed by atoms with Gasteiger partial charge in [0.25, 0.3) is 5.56 Å². The van der Waals surface area contributed by atoms with E-state index in [0.29, 0.717) is 11.2 Å². The molecule has 0 fully saturated rings. The highest BCUT2D eigenvalue weighted by molar-refractivity contribution is 5.94. The lowest BCUT2D eigenvalue weighted by Gasteiger charge is -2.07. The van der Waals surface area contributed by atoms with Crippen LogP contribution in [0, 0.1) is 5.82 Å². The maximum Gasteiger partial charge on any atom is 0.256 e. The minimum atomic E-state index is -0.439. The summed E-state index contributed by atoms with van der Waals surface area (Å²) in [7, 11) is 0. The molecular formula is C17H11FN4O. The fraction of sp³-hybridized carbons (Fsp3) is 0. The molecule has 0 spiro atoms. The molecule has 0 amide bonds. The molecule has 0 aliphatic carbocycles. The SMILES string of the molecule is O=c1[nH]c2ccnc(-c3cn[nH]c3)c2cc1-c1ccccc1F. The number of aromatic nitrogens is 4. The van der Waals surface area contributed by atoms with Crippen molar-refractivity contribution in [3.05, 3.63) is 71.2 Å². The van der Waals surface area contributed by atoms with Crippen molar-refractivity contribution < 1.29 is 4.39 Å². The molecule has 0 saturated heterocycles. The summed E-state index contributed by atoms with van der Waals surface area (Å²) in [5, 5.41) is 7.39. The van der Waals surface area contributed by atoms with Crippen molar-refractivity contribution in [2.24, 2.45) is 0 Å². The van der Waals surface area contributed by atoms with E-state index in [1.807, 2.05) is 0 Å². The number of pyridine rings is 2. The van der Waals surface area contributed by atoms with Gasteiger partial charge in [-0.3, -0.25) is 14.9 Å². The molecular weight excluding hydrogens is 295 g/mol. The summed E-state index contributed by atoms with van der Waals surface area (Å²) in [6.07, 6.45) is 4.98. The number of nitrogens with one attached hydrogen (secondary N) is 2. The lowest BCUT2D eigenvalue weighted by Crippen LogP contribution is -2.10. The molecule has 5 nitrogen and oxygen atoms in total. The first-order valence-electron chi connectivity index (χ1n) is 7.00. The van der Waals surface area contributed by atoms with E-state index in [-0.39, 0.29) is 16.7 Å². The minimum Gasteiger partial charge on any atom is -0.321 e. The summed E-state index contributed by atoms with van der Waals surface area (Å²) in [5.74, 6) is -0.439. The van der Waals surface area contributed by atoms with Crippen LogP contribution in [-0.4, -0.2) is 20.2 Å². The molecule has 0 aliphatic heterocycles. The lowest BCUT2D eigenvalue weighted by molar-refractivity contribution is 0.631. The van der Waals surface area contributed by atoms with E-state index in [1.165, 1.54) is 6.07 Å². The predicted octanol–water partition coefficient (Wildman–Crippen LogP) is 3.12. The molecule has 0 radical (unpaired) electrons. The number of halogens is 1. The average molecular weight is 306 g/mol. The Balaban J connectivity index is 2.05. The third kappa shape index (κ3) is 2.20. The molecule has 6 heteroatoms. The predicted molar refractivity (Wildman–Crippen MR) is 85.3 cm³/mol. The second-order valence-electron chi connectivity index (χ2n) is 5.10. The lowest BCUT2D eigenvalue weighted by atomic mass is 10.0. The molecule has 2 N–H and O–H groups in total. The van der Waals surface area contributed by atoms with Gasteiger partial charge in [-0.2, -0.15) is 5.10 Å². The zero-order chi connectivity index (χ0) is 15.8. The van der Waals surface area contributed by atoms with Crippen molar-refractivity contribution >= 4 is 10.9 Å². The van der Waals surface area contributed by atoms with E-state index in [4.69, 9.17) is 0 Å². The quantitative estimate of drug-likeness (QED) is 0.597. The van der Waals surface area contributed by atoms with Gasteiger partial charge in [0.15, 0.2) is 0 Å². The Hall–Kier alpha value is -3.28. The molecule has 0 bridgehead atoms. The number of fused-ring (bicyclic) bond motifs is 1. The van der Waals surface area contributed by atoms with Gasteiger partial charge in [0.1, 0.15) is 5.82 Å². The first kappa shape index (κ1) is 13.4. The second kappa shape index (κ2) is 5.17. The topological polar surface area (TPSA) is 74.4 Å². The van der Waals surface area contributed by atoms with Crippen LogP contribution >= 0.6 is 0 Å². The van der Waals surface area contributed by atoms with Crippen LogP contribution in [0.2, 0.25) is 0 Å². The Morgan fingerprint density at radius 2 is 1.96 bits per heavy atom. The van der Waals surface area contributed by atoms with Crippen LogP contribution in [0.15, 0.2) is 59.8 Å². The van der Waals surface area contributed by atoms with Crippen LogP contribution in [0.3, 0.4) is 0 Å². The molecule has 23 heavy (non-hydrogen) atoms. The molecule has 3 heterocycles. The van der Waals surface area contributed by atoms with Crippen molar-refractivity contribution in [3.8, 4) is 22.4 Å². The number of benzene rings is 1. The Labute approximate surface area is 129 Å². The van der Waals surface area contributed by atoms with Gasteiger partial charge in [-0.1, -0.05) is 18.2 Å². The third-order valence-electron chi connectivity index (χ3n) is 3.71. The molecule has 0 unspecified atom stereocenters. The molecule has 1 aromatic carbocycles. The molecule has 4 aromatic rings. The zero-order valence-corrected chi connectivity index (χ0v) is 11.9. The number of hydrogen-bond acceptors (Lipinski definition) is 3. The zero-order valence-electron chi connectivity index (χ0n) is 11.9. The monoisotopic (exact) mass is 306 g/mol. The van der Waals surface area contributed by atoms with Gasteiger partial charge in [-0.05, 0) is 18.2 Å². The van der Waals surface area contributed by atoms with Crippen molar-refractivity contribution in [2.45, 2.75) is 0 Å². The highest BCUT2D eigenvalue weighted by Gasteiger charge is 2.13. The third-order valence-corrected chi connectivity index (χ3v) is 3.71. The molecule has 0 atom stereocenters. The average Bonchev–Trinajstić information content (AvgIpc) is 3.08. The summed E-state index contributed by atoms with van der Waals surface area (Å²) in [5.41, 5.74) is 2.30. The van der Waals surface area contributed by atoms with E-state index in [2.05, 4.69) is 20.2 Å². The second-order valence-corrected chi connectivity index (χ2v) is 5.10. The smallest absolute Gasteiger partial charge is 0.256 e. The van der Waals surface area contributed by atoms with E-state index in [0.717, 1.165) is 10.9 Å². The van der Waals surface area contributed by atoms with Gasteiger partial charge in [0.2, 0.25) is 0 Å². The summed E-state index contributed by atoms with van der Waals surface area (Å²) in [6, 6.07) is 9.58. The largest absolute Gasteiger partial charge is 0.321 e. The van der Waals surface area contributed by atoms with Crippen LogP contribution < -0.4 is 5.56 Å². The molecule has 0 aliphatic rings. The van der Waals surface area contributed by atoms with Gasteiger partial charge in [0.05, 0.1) is 23.0 Å². The summed E-state index contributed by atoms with van der Waals surface area (Å²) < 4.78 is 14.0. The van der Waals surface area contributed by atoms with Gasteiger partial charge < -0.3 is 4.98 Å². The Morgan fingerprint density at radius 1 is 1.09 bits per heavy atom. The van der Waals surface area contributed by atoms with Crippen molar-refractivity contribution in [1.29, 1.82) is 0 Å². The summed E-state index contributed by atoms with van der Waals surface area (Å²) in [4.78, 5) is 19.5. The van der Waals surface area contributed by atoms with Crippen LogP contribution in [-0.2, 0) is 0 Å². The van der Waals surface area contributed by atoms with Crippen LogP contribution in [0.25, 0.3) is 33.3 Å². The van der Waals surface area contributed by atoms with Crippen LogP contribution in [0.5, 0.6) is 0 Å². The van der Waals surface area contributed by atoms with E-state index in [1.54, 1.807) is 48.9 Å². The Kier molecular flexibility index (Phi) is 3.01. The normalized spacial score (nSPS) is 11.0. The van der Waals surface area contributed by atoms with E-state index < -0.39 is 5.82 Å². The number of H-pyrrole nitrogens is 2. The highest BCUT2D eigenvalue weighted by Crippen LogP contribution is 2.27. The van der Waals surface area contributed by atoms with Gasteiger partial charge >= 0.3 is 0 Å². The van der Waals surface area contributed by atoms with E-state index in [9.17, 15) is 9.18 Å². The maximum atomic E-state index is 14.0. The Bertz CT molecular complexity index is 1050. The number of aromatic amines is 2. The van der Waals surface area contributed by atoms with Gasteiger partial charge in [-0.15, -0.1) is 0 Å². The first-order chi connectivity index (χ1) is 11.2. The van der Waals surface area contributed by atoms with Crippen molar-refractivity contribution in [3.63, 3.8) is 0 Å². The van der Waals surface area contributed by atoms with Crippen molar-refractivity contribution in [2.75, 3.05) is 0 Å².